The van der Waals surface area contributed by atoms with Crippen molar-refractivity contribution in [2.75, 3.05) is 43.1 Å². The summed E-state index contributed by atoms with van der Waals surface area (Å²) in [6, 6.07) is 8.34. The Morgan fingerprint density at radius 3 is 2.54 bits per heavy atom. The van der Waals surface area contributed by atoms with Gasteiger partial charge in [-0.2, -0.15) is 0 Å². The summed E-state index contributed by atoms with van der Waals surface area (Å²) in [5.74, 6) is -2.99. The highest BCUT2D eigenvalue weighted by Crippen LogP contribution is 2.23. The molecule has 2 aromatic carbocycles. The first kappa shape index (κ1) is 19.8. The maximum absolute atomic E-state index is 13.6. The molecule has 3 rings (SSSR count). The fraction of sp³-hybridized carbons (Fsp3) is 0.300. The van der Waals surface area contributed by atoms with Crippen LogP contribution in [0, 0.1) is 18.6 Å². The largest absolute Gasteiger partial charge is 0.378 e. The second-order valence-corrected chi connectivity index (χ2v) is 6.45. The summed E-state index contributed by atoms with van der Waals surface area (Å²) >= 11 is 0. The Bertz CT molecular complexity index is 883. The lowest BCUT2D eigenvalue weighted by molar-refractivity contribution is -0.115. The number of benzene rings is 2. The van der Waals surface area contributed by atoms with Gasteiger partial charge in [0.05, 0.1) is 25.3 Å². The number of ether oxygens (including phenoxy) is 1. The van der Waals surface area contributed by atoms with Crippen LogP contribution in [0.2, 0.25) is 0 Å². The monoisotopic (exact) mass is 389 g/mol. The summed E-state index contributed by atoms with van der Waals surface area (Å²) in [6.45, 7) is 4.55. The highest BCUT2D eigenvalue weighted by Gasteiger charge is 2.15. The van der Waals surface area contributed by atoms with Crippen molar-refractivity contribution in [2.24, 2.45) is 0 Å². The molecular formula is C20H21F2N3O3. The third-order valence-corrected chi connectivity index (χ3v) is 4.45. The van der Waals surface area contributed by atoms with Gasteiger partial charge in [0.25, 0.3) is 5.91 Å². The van der Waals surface area contributed by atoms with Crippen molar-refractivity contribution in [2.45, 2.75) is 6.92 Å². The van der Waals surface area contributed by atoms with Crippen LogP contribution in [0.3, 0.4) is 0 Å². The first-order chi connectivity index (χ1) is 13.4. The van der Waals surface area contributed by atoms with Crippen LogP contribution in [0.15, 0.2) is 36.4 Å². The second kappa shape index (κ2) is 8.79. The molecule has 1 heterocycles. The lowest BCUT2D eigenvalue weighted by Gasteiger charge is -2.29. The molecule has 0 atom stereocenters. The Labute approximate surface area is 161 Å². The van der Waals surface area contributed by atoms with E-state index in [4.69, 9.17) is 4.74 Å². The molecule has 1 saturated heterocycles. The Morgan fingerprint density at radius 1 is 1.11 bits per heavy atom. The van der Waals surface area contributed by atoms with Crippen molar-refractivity contribution in [3.63, 3.8) is 0 Å². The van der Waals surface area contributed by atoms with Crippen LogP contribution in [0.25, 0.3) is 0 Å². The number of rotatable bonds is 5. The molecule has 0 radical (unpaired) electrons. The van der Waals surface area contributed by atoms with Gasteiger partial charge in [0.1, 0.15) is 11.6 Å². The Balaban J connectivity index is 1.56. The van der Waals surface area contributed by atoms with Gasteiger partial charge in [0.15, 0.2) is 0 Å². The van der Waals surface area contributed by atoms with Crippen molar-refractivity contribution in [3.05, 3.63) is 59.2 Å². The predicted octanol–water partition coefficient (Wildman–Crippen LogP) is 2.48. The van der Waals surface area contributed by atoms with Crippen LogP contribution in [-0.2, 0) is 9.53 Å². The van der Waals surface area contributed by atoms with Crippen molar-refractivity contribution in [1.29, 1.82) is 0 Å². The zero-order chi connectivity index (χ0) is 20.1. The van der Waals surface area contributed by atoms with E-state index in [1.54, 1.807) is 6.07 Å². The van der Waals surface area contributed by atoms with Crippen molar-refractivity contribution in [1.82, 2.24) is 5.32 Å². The quantitative estimate of drug-likeness (QED) is 0.824. The van der Waals surface area contributed by atoms with Crippen LogP contribution in [0.5, 0.6) is 0 Å². The molecule has 148 valence electrons. The van der Waals surface area contributed by atoms with Crippen LogP contribution in [0.4, 0.5) is 20.2 Å². The summed E-state index contributed by atoms with van der Waals surface area (Å²) in [5, 5.41) is 5.05. The standard InChI is InChI=1S/C20H21F2N3O3/c1-13-10-15(25-6-8-28-9-7-25)3-5-18(13)24-19(26)12-23-20(27)16-4-2-14(21)11-17(16)22/h2-5,10-11H,6-9,12H2,1H3,(H,23,27)(H,24,26). The molecule has 1 fully saturated rings. The van der Waals surface area contributed by atoms with Crippen molar-refractivity contribution < 1.29 is 23.1 Å². The van der Waals surface area contributed by atoms with E-state index < -0.39 is 23.4 Å². The van der Waals surface area contributed by atoms with Crippen LogP contribution in [-0.4, -0.2) is 44.7 Å². The molecule has 0 saturated carbocycles. The lowest BCUT2D eigenvalue weighted by atomic mass is 10.1. The smallest absolute Gasteiger partial charge is 0.254 e. The first-order valence-corrected chi connectivity index (χ1v) is 8.90. The zero-order valence-electron chi connectivity index (χ0n) is 15.4. The van der Waals surface area contributed by atoms with Gasteiger partial charge in [-0.1, -0.05) is 0 Å². The van der Waals surface area contributed by atoms with E-state index >= 15 is 0 Å². The second-order valence-electron chi connectivity index (χ2n) is 6.45. The molecule has 6 nitrogen and oxygen atoms in total. The van der Waals surface area contributed by atoms with Gasteiger partial charge in [0.2, 0.25) is 5.91 Å². The maximum atomic E-state index is 13.6. The van der Waals surface area contributed by atoms with E-state index in [0.717, 1.165) is 36.5 Å². The number of hydrogen-bond acceptors (Lipinski definition) is 4. The molecular weight excluding hydrogens is 368 g/mol. The highest BCUT2D eigenvalue weighted by molar-refractivity contribution is 5.99. The number of carbonyl (C=O) groups is 2. The van der Waals surface area contributed by atoms with E-state index in [0.29, 0.717) is 25.0 Å². The van der Waals surface area contributed by atoms with Gasteiger partial charge < -0.3 is 20.3 Å². The number of amides is 2. The van der Waals surface area contributed by atoms with Gasteiger partial charge >= 0.3 is 0 Å². The van der Waals surface area contributed by atoms with E-state index in [1.165, 1.54) is 0 Å². The Morgan fingerprint density at radius 2 is 1.86 bits per heavy atom. The van der Waals surface area contributed by atoms with E-state index in [-0.39, 0.29) is 12.1 Å². The molecule has 0 spiro atoms. The summed E-state index contributed by atoms with van der Waals surface area (Å²) < 4.78 is 31.9. The third-order valence-electron chi connectivity index (χ3n) is 4.45. The average molecular weight is 389 g/mol. The minimum atomic E-state index is -0.979. The van der Waals surface area contributed by atoms with Gasteiger partial charge in [-0.3, -0.25) is 9.59 Å². The number of carbonyl (C=O) groups excluding carboxylic acids is 2. The fourth-order valence-corrected chi connectivity index (χ4v) is 2.93. The molecule has 28 heavy (non-hydrogen) atoms. The first-order valence-electron chi connectivity index (χ1n) is 8.90. The molecule has 8 heteroatoms. The highest BCUT2D eigenvalue weighted by atomic mass is 19.1. The number of halogens is 2. The average Bonchev–Trinajstić information content (AvgIpc) is 2.68. The third kappa shape index (κ3) is 4.83. The fourth-order valence-electron chi connectivity index (χ4n) is 2.93. The van der Waals surface area contributed by atoms with Gasteiger partial charge in [0, 0.05) is 30.5 Å². The van der Waals surface area contributed by atoms with Crippen LogP contribution >= 0.6 is 0 Å². The summed E-state index contributed by atoms with van der Waals surface area (Å²) in [4.78, 5) is 26.3. The van der Waals surface area contributed by atoms with Crippen LogP contribution < -0.4 is 15.5 Å². The van der Waals surface area contributed by atoms with Crippen LogP contribution in [0.1, 0.15) is 15.9 Å². The molecule has 1 aliphatic heterocycles. The predicted molar refractivity (Wildman–Crippen MR) is 102 cm³/mol. The molecule has 2 aromatic rings. The number of hydrogen-bond donors (Lipinski definition) is 2. The van der Waals surface area contributed by atoms with Gasteiger partial charge in [-0.15, -0.1) is 0 Å². The molecule has 2 amide bonds. The minimum Gasteiger partial charge on any atom is -0.378 e. The summed E-state index contributed by atoms with van der Waals surface area (Å²) in [6.07, 6.45) is 0. The number of nitrogens with zero attached hydrogens (tertiary/aromatic N) is 1. The molecule has 1 aliphatic rings. The lowest BCUT2D eigenvalue weighted by Crippen LogP contribution is -2.36. The minimum absolute atomic E-state index is 0.319. The van der Waals surface area contributed by atoms with Crippen molar-refractivity contribution in [3.8, 4) is 0 Å². The van der Waals surface area contributed by atoms with E-state index in [1.807, 2.05) is 19.1 Å². The summed E-state index contributed by atoms with van der Waals surface area (Å²) in [7, 11) is 0. The number of nitrogens with one attached hydrogen (secondary N) is 2. The normalized spacial score (nSPS) is 13.9. The molecule has 0 bridgehead atoms. The molecule has 2 N–H and O–H groups in total. The maximum Gasteiger partial charge on any atom is 0.254 e. The van der Waals surface area contributed by atoms with E-state index in [9.17, 15) is 18.4 Å². The molecule has 0 aromatic heterocycles. The number of aryl methyl sites for hydroxylation is 1. The van der Waals surface area contributed by atoms with Gasteiger partial charge in [-0.05, 0) is 42.8 Å². The Hall–Kier alpha value is -3.00. The SMILES string of the molecule is Cc1cc(N2CCOCC2)ccc1NC(=O)CNC(=O)c1ccc(F)cc1F. The van der Waals surface area contributed by atoms with Gasteiger partial charge in [-0.25, -0.2) is 8.78 Å². The number of morpholine rings is 1. The van der Waals surface area contributed by atoms with E-state index in [2.05, 4.69) is 15.5 Å². The molecule has 0 aliphatic carbocycles. The zero-order valence-corrected chi connectivity index (χ0v) is 15.4. The van der Waals surface area contributed by atoms with Crippen molar-refractivity contribution >= 4 is 23.2 Å². The Kier molecular flexibility index (Phi) is 6.20. The molecule has 0 unspecified atom stereocenters. The topological polar surface area (TPSA) is 70.7 Å². The summed E-state index contributed by atoms with van der Waals surface area (Å²) in [5.41, 5.74) is 2.25. The number of anilines is 2.